The van der Waals surface area contributed by atoms with Crippen LogP contribution in [0.15, 0.2) is 72.4 Å². The number of aliphatic hydroxyl groups is 1. The Morgan fingerprint density at radius 3 is 2.43 bits per heavy atom. The number of nitrogens with one attached hydrogen (secondary N) is 1. The van der Waals surface area contributed by atoms with Crippen LogP contribution in [0.4, 0.5) is 0 Å². The molecule has 3 aromatic carbocycles. The SMILES string of the molecule is COc1ccc2[nH]cc(CCN3C(=O)C(=O)C(=C(O)c4ccc(Cl)cc4Cl)[C@H]3c3ccc(Cl)cc3)c2c1. The van der Waals surface area contributed by atoms with E-state index in [1.54, 1.807) is 37.4 Å². The van der Waals surface area contributed by atoms with Gasteiger partial charge in [0.25, 0.3) is 11.7 Å². The summed E-state index contributed by atoms with van der Waals surface area (Å²) in [6.45, 7) is 0.229. The monoisotopic (exact) mass is 554 g/mol. The van der Waals surface area contributed by atoms with E-state index >= 15 is 0 Å². The summed E-state index contributed by atoms with van der Waals surface area (Å²) in [5.41, 5.74) is 2.70. The van der Waals surface area contributed by atoms with Crippen molar-refractivity contribution in [1.29, 1.82) is 0 Å². The number of aliphatic hydroxyl groups excluding tert-OH is 1. The summed E-state index contributed by atoms with van der Waals surface area (Å²) in [5, 5.41) is 13.3. The van der Waals surface area contributed by atoms with Crippen molar-refractivity contribution >= 4 is 63.2 Å². The van der Waals surface area contributed by atoms with Crippen LogP contribution in [0.5, 0.6) is 5.75 Å². The molecule has 1 amide bonds. The number of rotatable bonds is 6. The van der Waals surface area contributed by atoms with Gasteiger partial charge in [0, 0.05) is 39.3 Å². The lowest BCUT2D eigenvalue weighted by Crippen LogP contribution is -2.31. The smallest absolute Gasteiger partial charge is 0.295 e. The van der Waals surface area contributed by atoms with E-state index in [4.69, 9.17) is 39.5 Å². The van der Waals surface area contributed by atoms with E-state index in [2.05, 4.69) is 4.98 Å². The topological polar surface area (TPSA) is 82.6 Å². The fraction of sp³-hybridized carbons (Fsp3) is 0.143. The van der Waals surface area contributed by atoms with Gasteiger partial charge in [-0.15, -0.1) is 0 Å². The molecule has 1 saturated heterocycles. The largest absolute Gasteiger partial charge is 0.507 e. The van der Waals surface area contributed by atoms with E-state index in [0.717, 1.165) is 22.2 Å². The van der Waals surface area contributed by atoms with Gasteiger partial charge < -0.3 is 19.7 Å². The molecular formula is C28H21Cl3N2O4. The summed E-state index contributed by atoms with van der Waals surface area (Å²) in [5.74, 6) is -1.14. The molecule has 9 heteroatoms. The maximum absolute atomic E-state index is 13.3. The standard InChI is InChI=1S/C28H21Cl3N2O4/c1-37-19-7-9-23-21(13-19)16(14-32-23)10-11-33-25(15-2-4-17(29)5-3-15)24(27(35)28(33)36)26(34)20-8-6-18(30)12-22(20)31/h2-9,12-14,25,32,34H,10-11H2,1H3/t25-/m1/s1. The van der Waals surface area contributed by atoms with Crippen molar-refractivity contribution in [1.82, 2.24) is 9.88 Å². The Kier molecular flexibility index (Phi) is 6.90. The number of benzene rings is 3. The molecule has 0 spiro atoms. The van der Waals surface area contributed by atoms with Crippen LogP contribution < -0.4 is 4.74 Å². The predicted octanol–water partition coefficient (Wildman–Crippen LogP) is 6.80. The van der Waals surface area contributed by atoms with Crippen LogP contribution in [0.2, 0.25) is 15.1 Å². The number of hydrogen-bond donors (Lipinski definition) is 2. The number of aromatic amines is 1. The van der Waals surface area contributed by atoms with Gasteiger partial charge in [0.05, 0.1) is 23.7 Å². The molecular weight excluding hydrogens is 535 g/mol. The van der Waals surface area contributed by atoms with E-state index in [0.29, 0.717) is 22.0 Å². The molecule has 37 heavy (non-hydrogen) atoms. The lowest BCUT2D eigenvalue weighted by atomic mass is 9.95. The van der Waals surface area contributed by atoms with Gasteiger partial charge in [-0.25, -0.2) is 0 Å². The number of aromatic nitrogens is 1. The number of ether oxygens (including phenoxy) is 1. The van der Waals surface area contributed by atoms with E-state index in [1.807, 2.05) is 24.4 Å². The number of nitrogens with zero attached hydrogens (tertiary/aromatic N) is 1. The molecule has 1 fully saturated rings. The summed E-state index contributed by atoms with van der Waals surface area (Å²) >= 11 is 18.4. The molecule has 0 aliphatic carbocycles. The molecule has 0 unspecified atom stereocenters. The quantitative estimate of drug-likeness (QED) is 0.156. The molecule has 6 nitrogen and oxygen atoms in total. The second-order valence-electron chi connectivity index (χ2n) is 8.64. The number of Topliss-reactive ketones (excluding diaryl/α,β-unsaturated/α-hetero) is 1. The second kappa shape index (κ2) is 10.1. The van der Waals surface area contributed by atoms with Gasteiger partial charge in [-0.2, -0.15) is 0 Å². The average molecular weight is 556 g/mol. The Bertz CT molecular complexity index is 1560. The highest BCUT2D eigenvalue weighted by molar-refractivity contribution is 6.47. The number of carbonyl (C=O) groups is 2. The van der Waals surface area contributed by atoms with Gasteiger partial charge >= 0.3 is 0 Å². The van der Waals surface area contributed by atoms with Crippen LogP contribution in [0, 0.1) is 0 Å². The highest BCUT2D eigenvalue weighted by Gasteiger charge is 2.46. The lowest BCUT2D eigenvalue weighted by Gasteiger charge is -2.25. The number of amides is 1. The third kappa shape index (κ3) is 4.68. The first kappa shape index (κ1) is 25.2. The number of halogens is 3. The zero-order chi connectivity index (χ0) is 26.3. The fourth-order valence-electron chi connectivity index (χ4n) is 4.66. The number of methoxy groups -OCH3 is 1. The van der Waals surface area contributed by atoms with E-state index in [-0.39, 0.29) is 28.5 Å². The van der Waals surface area contributed by atoms with Crippen molar-refractivity contribution in [2.75, 3.05) is 13.7 Å². The van der Waals surface area contributed by atoms with Crippen molar-refractivity contribution in [3.63, 3.8) is 0 Å². The predicted molar refractivity (Wildman–Crippen MR) is 145 cm³/mol. The van der Waals surface area contributed by atoms with Crippen molar-refractivity contribution in [2.24, 2.45) is 0 Å². The molecule has 1 aromatic heterocycles. The first-order valence-electron chi connectivity index (χ1n) is 11.4. The molecule has 1 atom stereocenters. The van der Waals surface area contributed by atoms with Crippen LogP contribution in [0.1, 0.15) is 22.7 Å². The second-order valence-corrected chi connectivity index (χ2v) is 9.92. The zero-order valence-electron chi connectivity index (χ0n) is 19.6. The number of fused-ring (bicyclic) bond motifs is 1. The van der Waals surface area contributed by atoms with E-state index in [1.165, 1.54) is 17.0 Å². The third-order valence-electron chi connectivity index (χ3n) is 6.51. The Hall–Kier alpha value is -3.45. The molecule has 0 bridgehead atoms. The van der Waals surface area contributed by atoms with Crippen molar-refractivity contribution in [3.05, 3.63) is 104 Å². The molecule has 2 N–H and O–H groups in total. The Balaban J connectivity index is 1.57. The zero-order valence-corrected chi connectivity index (χ0v) is 21.9. The fourth-order valence-corrected chi connectivity index (χ4v) is 5.29. The van der Waals surface area contributed by atoms with Crippen LogP contribution in [-0.4, -0.2) is 40.3 Å². The maximum atomic E-state index is 13.3. The minimum absolute atomic E-state index is 0.0443. The Morgan fingerprint density at radius 2 is 1.73 bits per heavy atom. The van der Waals surface area contributed by atoms with Gasteiger partial charge in [-0.05, 0) is 66.1 Å². The summed E-state index contributed by atoms with van der Waals surface area (Å²) in [7, 11) is 1.60. The maximum Gasteiger partial charge on any atom is 0.295 e. The molecule has 1 aliphatic heterocycles. The van der Waals surface area contributed by atoms with Gasteiger partial charge in [0.15, 0.2) is 0 Å². The highest BCUT2D eigenvalue weighted by Crippen LogP contribution is 2.41. The van der Waals surface area contributed by atoms with Crippen molar-refractivity contribution in [3.8, 4) is 5.75 Å². The van der Waals surface area contributed by atoms with E-state index < -0.39 is 17.7 Å². The average Bonchev–Trinajstić information content (AvgIpc) is 3.40. The minimum atomic E-state index is -0.830. The summed E-state index contributed by atoms with van der Waals surface area (Å²) in [6, 6.07) is 16.3. The normalized spacial score (nSPS) is 17.1. The van der Waals surface area contributed by atoms with E-state index in [9.17, 15) is 14.7 Å². The van der Waals surface area contributed by atoms with Crippen LogP contribution in [0.25, 0.3) is 16.7 Å². The van der Waals surface area contributed by atoms with Crippen molar-refractivity contribution in [2.45, 2.75) is 12.5 Å². The highest BCUT2D eigenvalue weighted by atomic mass is 35.5. The number of likely N-dealkylation sites (tertiary alicyclic amines) is 1. The summed E-state index contributed by atoms with van der Waals surface area (Å²) < 4.78 is 5.35. The number of carbonyl (C=O) groups excluding carboxylic acids is 2. The van der Waals surface area contributed by atoms with Gasteiger partial charge in [-0.1, -0.05) is 46.9 Å². The minimum Gasteiger partial charge on any atom is -0.507 e. The number of hydrogen-bond acceptors (Lipinski definition) is 4. The van der Waals surface area contributed by atoms with Crippen molar-refractivity contribution < 1.29 is 19.4 Å². The molecule has 2 heterocycles. The van der Waals surface area contributed by atoms with Gasteiger partial charge in [-0.3, -0.25) is 9.59 Å². The molecule has 188 valence electrons. The third-order valence-corrected chi connectivity index (χ3v) is 7.31. The van der Waals surface area contributed by atoms with Gasteiger partial charge in [0.1, 0.15) is 11.5 Å². The van der Waals surface area contributed by atoms with Gasteiger partial charge in [0.2, 0.25) is 0 Å². The Morgan fingerprint density at radius 1 is 1.00 bits per heavy atom. The molecule has 0 radical (unpaired) electrons. The van der Waals surface area contributed by atoms with Crippen LogP contribution in [-0.2, 0) is 16.0 Å². The molecule has 5 rings (SSSR count). The molecule has 0 saturated carbocycles. The van der Waals surface area contributed by atoms with Crippen LogP contribution in [0.3, 0.4) is 0 Å². The lowest BCUT2D eigenvalue weighted by molar-refractivity contribution is -0.139. The summed E-state index contributed by atoms with van der Waals surface area (Å²) in [4.78, 5) is 31.3. The number of ketones is 1. The molecule has 4 aromatic rings. The van der Waals surface area contributed by atoms with Crippen LogP contribution >= 0.6 is 34.8 Å². The first-order chi connectivity index (χ1) is 17.8. The first-order valence-corrected chi connectivity index (χ1v) is 12.5. The summed E-state index contributed by atoms with van der Waals surface area (Å²) in [6.07, 6.45) is 2.34. The Labute approximate surface area is 228 Å². The molecule has 1 aliphatic rings. The number of H-pyrrole nitrogens is 1.